The van der Waals surface area contributed by atoms with Crippen LogP contribution in [-0.4, -0.2) is 49.3 Å². The summed E-state index contributed by atoms with van der Waals surface area (Å²) in [6.07, 6.45) is 5.42. The average Bonchev–Trinajstić information content (AvgIpc) is 2.44. The van der Waals surface area contributed by atoms with Gasteiger partial charge in [-0.05, 0) is 59.0 Å². The Kier molecular flexibility index (Phi) is 8.08. The van der Waals surface area contributed by atoms with Crippen LogP contribution >= 0.6 is 0 Å². The van der Waals surface area contributed by atoms with Crippen LogP contribution in [-0.2, 0) is 4.74 Å². The van der Waals surface area contributed by atoms with E-state index < -0.39 is 0 Å². The molecule has 1 saturated heterocycles. The van der Waals surface area contributed by atoms with Crippen LogP contribution in [0.5, 0.6) is 0 Å². The highest BCUT2D eigenvalue weighted by Crippen LogP contribution is 2.21. The van der Waals surface area contributed by atoms with E-state index in [0.717, 1.165) is 19.6 Å². The first-order valence-electron chi connectivity index (χ1n) is 8.53. The lowest BCUT2D eigenvalue weighted by Crippen LogP contribution is -2.52. The molecule has 0 bridgehead atoms. The zero-order valence-corrected chi connectivity index (χ0v) is 14.5. The van der Waals surface area contributed by atoms with Crippen LogP contribution in [0.4, 0.5) is 0 Å². The van der Waals surface area contributed by atoms with Gasteiger partial charge in [0.2, 0.25) is 0 Å². The van der Waals surface area contributed by atoms with Gasteiger partial charge >= 0.3 is 0 Å². The maximum atomic E-state index is 5.95. The van der Waals surface area contributed by atoms with Crippen molar-refractivity contribution in [3.63, 3.8) is 0 Å². The van der Waals surface area contributed by atoms with Gasteiger partial charge in [0.05, 0.1) is 6.10 Å². The van der Waals surface area contributed by atoms with Crippen molar-refractivity contribution in [2.45, 2.75) is 84.5 Å². The molecule has 0 aromatic heterocycles. The predicted octanol–water partition coefficient (Wildman–Crippen LogP) is 3.29. The second-order valence-corrected chi connectivity index (χ2v) is 6.85. The molecule has 4 atom stereocenters. The molecule has 1 aliphatic rings. The molecular weight excluding hydrogens is 248 g/mol. The van der Waals surface area contributed by atoms with Gasteiger partial charge in [0.1, 0.15) is 0 Å². The summed E-state index contributed by atoms with van der Waals surface area (Å²) in [5.74, 6) is 0.677. The number of nitrogens with one attached hydrogen (secondary N) is 1. The largest absolute Gasteiger partial charge is 0.378 e. The number of hydrogen-bond donors (Lipinski definition) is 1. The highest BCUT2D eigenvalue weighted by Gasteiger charge is 2.27. The Labute approximate surface area is 126 Å². The molecule has 0 aliphatic carbocycles. The molecule has 0 spiro atoms. The van der Waals surface area contributed by atoms with Gasteiger partial charge in [0, 0.05) is 24.7 Å². The third kappa shape index (κ3) is 5.71. The minimum absolute atomic E-state index is 0.460. The fourth-order valence-corrected chi connectivity index (χ4v) is 2.98. The molecule has 0 aromatic carbocycles. The van der Waals surface area contributed by atoms with Gasteiger partial charge in [-0.25, -0.2) is 0 Å². The van der Waals surface area contributed by atoms with Gasteiger partial charge in [-0.1, -0.05) is 20.8 Å². The monoisotopic (exact) mass is 284 g/mol. The maximum absolute atomic E-state index is 5.95. The Bertz CT molecular complexity index is 251. The fourth-order valence-electron chi connectivity index (χ4n) is 2.98. The van der Waals surface area contributed by atoms with Crippen molar-refractivity contribution >= 4 is 0 Å². The molecule has 0 radical (unpaired) electrons. The first kappa shape index (κ1) is 17.9. The van der Waals surface area contributed by atoms with E-state index in [1.54, 1.807) is 0 Å². The van der Waals surface area contributed by atoms with Crippen LogP contribution < -0.4 is 5.32 Å². The minimum atomic E-state index is 0.460. The average molecular weight is 284 g/mol. The van der Waals surface area contributed by atoms with E-state index >= 15 is 0 Å². The van der Waals surface area contributed by atoms with E-state index in [1.807, 2.05) is 0 Å². The van der Waals surface area contributed by atoms with Gasteiger partial charge in [-0.3, -0.25) is 0 Å². The summed E-state index contributed by atoms with van der Waals surface area (Å²) in [5, 5.41) is 3.79. The highest BCUT2D eigenvalue weighted by molar-refractivity contribution is 4.85. The number of nitrogens with zero attached hydrogens (tertiary/aromatic N) is 1. The van der Waals surface area contributed by atoms with Gasteiger partial charge in [0.15, 0.2) is 0 Å². The molecule has 1 aliphatic heterocycles. The molecule has 0 amide bonds. The SMILES string of the molecule is CCN(C)C(CC1CCCCO1)C(C)NC(C)C(C)C. The van der Waals surface area contributed by atoms with Crippen LogP contribution in [0.25, 0.3) is 0 Å². The molecule has 0 aromatic rings. The van der Waals surface area contributed by atoms with Crippen molar-refractivity contribution in [3.05, 3.63) is 0 Å². The smallest absolute Gasteiger partial charge is 0.0590 e. The number of ether oxygens (including phenoxy) is 1. The van der Waals surface area contributed by atoms with E-state index in [4.69, 9.17) is 4.74 Å². The minimum Gasteiger partial charge on any atom is -0.378 e. The number of rotatable bonds is 8. The summed E-state index contributed by atoms with van der Waals surface area (Å²) in [6, 6.07) is 1.62. The Balaban J connectivity index is 2.57. The van der Waals surface area contributed by atoms with Crippen molar-refractivity contribution in [3.8, 4) is 0 Å². The molecule has 1 heterocycles. The summed E-state index contributed by atoms with van der Waals surface area (Å²) in [5.41, 5.74) is 0. The van der Waals surface area contributed by atoms with Crippen LogP contribution in [0.1, 0.15) is 60.3 Å². The van der Waals surface area contributed by atoms with Crippen molar-refractivity contribution < 1.29 is 4.74 Å². The first-order chi connectivity index (χ1) is 9.45. The van der Waals surface area contributed by atoms with Crippen molar-refractivity contribution in [1.82, 2.24) is 10.2 Å². The third-order valence-corrected chi connectivity index (χ3v) is 4.95. The summed E-state index contributed by atoms with van der Waals surface area (Å²) >= 11 is 0. The van der Waals surface area contributed by atoms with E-state index in [9.17, 15) is 0 Å². The molecule has 120 valence electrons. The molecule has 1 N–H and O–H groups in total. The molecule has 4 unspecified atom stereocenters. The van der Waals surface area contributed by atoms with E-state index in [1.165, 1.54) is 19.3 Å². The fraction of sp³-hybridized carbons (Fsp3) is 1.00. The van der Waals surface area contributed by atoms with Gasteiger partial charge in [-0.15, -0.1) is 0 Å². The second kappa shape index (κ2) is 9.01. The quantitative estimate of drug-likeness (QED) is 0.740. The standard InChI is InChI=1S/C17H36N2O/c1-7-19(6)17(12-16-10-8-9-11-20-16)15(5)18-14(4)13(2)3/h13-18H,7-12H2,1-6H3. The molecular formula is C17H36N2O. The lowest BCUT2D eigenvalue weighted by atomic mass is 9.95. The molecule has 3 nitrogen and oxygen atoms in total. The third-order valence-electron chi connectivity index (χ3n) is 4.95. The highest BCUT2D eigenvalue weighted by atomic mass is 16.5. The molecule has 3 heteroatoms. The van der Waals surface area contributed by atoms with Crippen molar-refractivity contribution in [2.24, 2.45) is 5.92 Å². The molecule has 1 fully saturated rings. The topological polar surface area (TPSA) is 24.5 Å². The Morgan fingerprint density at radius 1 is 1.15 bits per heavy atom. The van der Waals surface area contributed by atoms with Crippen LogP contribution in [0.15, 0.2) is 0 Å². The Morgan fingerprint density at radius 3 is 2.35 bits per heavy atom. The molecule has 1 rings (SSSR count). The van der Waals surface area contributed by atoms with Crippen LogP contribution in [0.2, 0.25) is 0 Å². The maximum Gasteiger partial charge on any atom is 0.0590 e. The zero-order chi connectivity index (χ0) is 15.1. The van der Waals surface area contributed by atoms with Crippen LogP contribution in [0, 0.1) is 5.92 Å². The molecule has 20 heavy (non-hydrogen) atoms. The Hall–Kier alpha value is -0.120. The Morgan fingerprint density at radius 2 is 1.85 bits per heavy atom. The summed E-state index contributed by atoms with van der Waals surface area (Å²) in [7, 11) is 2.24. The van der Waals surface area contributed by atoms with Crippen molar-refractivity contribution in [2.75, 3.05) is 20.2 Å². The summed E-state index contributed by atoms with van der Waals surface area (Å²) in [6.45, 7) is 13.5. The van der Waals surface area contributed by atoms with E-state index in [-0.39, 0.29) is 0 Å². The first-order valence-corrected chi connectivity index (χ1v) is 8.53. The van der Waals surface area contributed by atoms with Gasteiger partial charge in [0.25, 0.3) is 0 Å². The zero-order valence-electron chi connectivity index (χ0n) is 14.5. The predicted molar refractivity (Wildman–Crippen MR) is 87.2 cm³/mol. The van der Waals surface area contributed by atoms with Gasteiger partial charge < -0.3 is 15.0 Å². The van der Waals surface area contributed by atoms with Crippen molar-refractivity contribution in [1.29, 1.82) is 0 Å². The normalized spacial score (nSPS) is 24.9. The van der Waals surface area contributed by atoms with E-state index in [0.29, 0.717) is 30.1 Å². The van der Waals surface area contributed by atoms with E-state index in [2.05, 4.69) is 51.9 Å². The second-order valence-electron chi connectivity index (χ2n) is 6.85. The summed E-state index contributed by atoms with van der Waals surface area (Å²) < 4.78 is 5.95. The molecule has 0 saturated carbocycles. The lowest BCUT2D eigenvalue weighted by Gasteiger charge is -2.38. The van der Waals surface area contributed by atoms with Gasteiger partial charge in [-0.2, -0.15) is 0 Å². The number of hydrogen-bond acceptors (Lipinski definition) is 3. The lowest BCUT2D eigenvalue weighted by molar-refractivity contribution is -0.00833. The number of likely N-dealkylation sites (N-methyl/N-ethyl adjacent to an activating group) is 1. The van der Waals surface area contributed by atoms with Crippen LogP contribution in [0.3, 0.4) is 0 Å². The summed E-state index contributed by atoms with van der Waals surface area (Å²) in [4.78, 5) is 2.47.